The smallest absolute Gasteiger partial charge is 0.333 e. The molecule has 0 fully saturated rings. The lowest BCUT2D eigenvalue weighted by Crippen LogP contribution is -2.14. The maximum absolute atomic E-state index is 10.8. The zero-order chi connectivity index (χ0) is 82.7. The third-order valence-electron chi connectivity index (χ3n) is 15.0. The third-order valence-corrected chi connectivity index (χ3v) is 15.0. The van der Waals surface area contributed by atoms with E-state index in [1.807, 2.05) is 185 Å². The average molecular weight is 1490 g/mol. The van der Waals surface area contributed by atoms with Gasteiger partial charge in [0.25, 0.3) is 0 Å². The molecular weight excluding hydrogens is 1380 g/mol. The van der Waals surface area contributed by atoms with Crippen molar-refractivity contribution in [1.29, 1.82) is 0 Å². The predicted octanol–water partition coefficient (Wildman–Crippen LogP) is 16.4. The van der Waals surface area contributed by atoms with Crippen molar-refractivity contribution in [3.63, 3.8) is 0 Å². The van der Waals surface area contributed by atoms with Crippen LogP contribution >= 0.6 is 0 Å². The van der Waals surface area contributed by atoms with E-state index < -0.39 is 42.2 Å². The van der Waals surface area contributed by atoms with Crippen molar-refractivity contribution in [3.8, 4) is 0 Å². The highest BCUT2D eigenvalue weighted by Crippen LogP contribution is 2.31. The maximum Gasteiger partial charge on any atom is 0.333 e. The molecule has 0 amide bonds. The Balaban J connectivity index is 0.00000124. The SMILES string of the molecule is C=C(C)C(=O)OCCOC(=O)C(=C)C.C=C(C)C(=O)OCCOC(=O)C(=C)C.C=C(C)c1cc(CO)c(C(=C)C)cc1CO.C=C(C)c1ccc(C(O)C(O)c2ccc(C(=C)C)cc2)cc1.C=Cc1ccc(CC(O)CO)cc1.C=Cc1ccc(CO)cc1.C=Cc1ccc(CO)cc1.C=Cc1ccc(CO)cc1. The molecule has 0 spiro atoms. The Morgan fingerprint density at radius 3 is 0.734 bits per heavy atom. The van der Waals surface area contributed by atoms with Gasteiger partial charge in [0, 0.05) is 28.7 Å². The highest BCUT2D eigenvalue weighted by atomic mass is 16.6. The first kappa shape index (κ1) is 97.9. The van der Waals surface area contributed by atoms with Crippen LogP contribution in [0, 0.1) is 0 Å². The first-order valence-electron chi connectivity index (χ1n) is 34.5. The van der Waals surface area contributed by atoms with Gasteiger partial charge in [0.1, 0.15) is 38.6 Å². The van der Waals surface area contributed by atoms with Crippen LogP contribution in [-0.4, -0.2) is 109 Å². The number of aliphatic hydroxyl groups is 9. The maximum atomic E-state index is 10.8. The van der Waals surface area contributed by atoms with Gasteiger partial charge in [-0.05, 0) is 157 Å². The molecule has 0 aliphatic heterocycles. The third kappa shape index (κ3) is 40.5. The van der Waals surface area contributed by atoms with Gasteiger partial charge in [-0.25, -0.2) is 19.2 Å². The number of allylic oxidation sites excluding steroid dienone is 4. The number of carbonyl (C=O) groups is 4. The molecule has 0 saturated carbocycles. The van der Waals surface area contributed by atoms with Crippen LogP contribution in [0.5, 0.6) is 0 Å². The molecule has 17 nitrogen and oxygen atoms in total. The molecule has 109 heavy (non-hydrogen) atoms. The molecule has 582 valence electrons. The van der Waals surface area contributed by atoms with Crippen LogP contribution in [0.1, 0.15) is 157 Å². The predicted molar refractivity (Wildman–Crippen MR) is 444 cm³/mol. The van der Waals surface area contributed by atoms with Gasteiger partial charge < -0.3 is 64.9 Å². The zero-order valence-electron chi connectivity index (χ0n) is 64.6. The molecule has 7 aromatic rings. The standard InChI is InChI=1S/C20H22O2.C14H18O2.C11H14O2.2C10H14O4.3C9H10O/c1-13(2)15-5-9-17(10-6-15)19(21)20(22)18-11-7-16(8-12-18)14(3)4;1-9(2)13-5-12(8-16)14(10(3)4)6-11(13)7-15;1-2-9-3-5-10(6-4-9)7-11(13)8-12;2*1-7(2)9(11)13-5-6-14-10(12)8(3)4;3*1-2-8-3-5-9(7-10)6-4-8/h5-12,19-22H,1,3H2,2,4H3;5-6,15-16H,1,3,7-8H2,2,4H3;2-6,11-13H,1,7-8H2;2*1,3,5-6H2,2,4H3;3*2-6,10H,1,7H2. The van der Waals surface area contributed by atoms with Crippen LogP contribution in [-0.2, 0) is 77.6 Å². The van der Waals surface area contributed by atoms with Gasteiger partial charge in [0.15, 0.2) is 0 Å². The molecule has 0 aliphatic carbocycles. The van der Waals surface area contributed by atoms with E-state index in [1.165, 1.54) is 0 Å². The van der Waals surface area contributed by atoms with Crippen LogP contribution < -0.4 is 0 Å². The number of esters is 4. The van der Waals surface area contributed by atoms with E-state index in [2.05, 4.69) is 97.9 Å². The second-order valence-corrected chi connectivity index (χ2v) is 24.7. The number of rotatable bonds is 29. The lowest BCUT2D eigenvalue weighted by Gasteiger charge is -2.19. The van der Waals surface area contributed by atoms with Crippen molar-refractivity contribution >= 4 is 70.5 Å². The summed E-state index contributed by atoms with van der Waals surface area (Å²) in [6.07, 6.45) is 5.02. The minimum Gasteiger partial charge on any atom is -0.459 e. The van der Waals surface area contributed by atoms with E-state index >= 15 is 0 Å². The molecule has 3 atom stereocenters. The number of ether oxygens (including phenoxy) is 4. The average Bonchev–Trinajstić information content (AvgIpc) is 0.809. The second-order valence-electron chi connectivity index (χ2n) is 24.7. The molecule has 0 aromatic heterocycles. The van der Waals surface area contributed by atoms with Crippen LogP contribution in [0.2, 0.25) is 0 Å². The summed E-state index contributed by atoms with van der Waals surface area (Å²) >= 11 is 0. The van der Waals surface area contributed by atoms with Gasteiger partial charge in [0.2, 0.25) is 0 Å². The lowest BCUT2D eigenvalue weighted by atomic mass is 9.93. The number of hydrogen-bond acceptors (Lipinski definition) is 17. The van der Waals surface area contributed by atoms with Crippen molar-refractivity contribution in [2.45, 2.75) is 113 Å². The van der Waals surface area contributed by atoms with E-state index in [0.717, 1.165) is 100 Å². The number of aliphatic hydroxyl groups excluding tert-OH is 9. The van der Waals surface area contributed by atoms with Crippen LogP contribution in [0.15, 0.2) is 259 Å². The Morgan fingerprint density at radius 2 is 0.560 bits per heavy atom. The molecule has 0 radical (unpaired) electrons. The minimum atomic E-state index is -0.963. The Kier molecular flexibility index (Phi) is 49.8. The van der Waals surface area contributed by atoms with Gasteiger partial charge >= 0.3 is 23.9 Å². The molecule has 3 unspecified atom stereocenters. The molecular formula is C92H112O17. The van der Waals surface area contributed by atoms with Crippen LogP contribution in [0.25, 0.3) is 46.6 Å². The Morgan fingerprint density at radius 1 is 0.330 bits per heavy atom. The quantitative estimate of drug-likeness (QED) is 0.00911. The molecule has 9 N–H and O–H groups in total. The minimum absolute atomic E-state index is 0.0325. The highest BCUT2D eigenvalue weighted by molar-refractivity contribution is 5.88. The molecule has 0 aliphatic rings. The Hall–Kier alpha value is -11.1. The van der Waals surface area contributed by atoms with E-state index in [9.17, 15) is 39.6 Å². The Labute approximate surface area is 645 Å². The summed E-state index contributed by atoms with van der Waals surface area (Å²) in [5.74, 6) is -1.96. The molecule has 7 aromatic carbocycles. The van der Waals surface area contributed by atoms with Crippen molar-refractivity contribution < 1.29 is 84.1 Å². The van der Waals surface area contributed by atoms with E-state index in [4.69, 9.17) is 25.5 Å². The van der Waals surface area contributed by atoms with Gasteiger partial charge in [-0.3, -0.25) is 0 Å². The van der Waals surface area contributed by atoms with E-state index in [1.54, 1.807) is 52.0 Å². The summed E-state index contributed by atoms with van der Waals surface area (Å²) < 4.78 is 18.8. The molecule has 0 saturated heterocycles. The summed E-state index contributed by atoms with van der Waals surface area (Å²) in [5, 5.41) is 83.2. The summed E-state index contributed by atoms with van der Waals surface area (Å²) in [4.78, 5) is 43.4. The first-order valence-corrected chi connectivity index (χ1v) is 34.5. The fourth-order valence-corrected chi connectivity index (χ4v) is 8.47. The summed E-state index contributed by atoms with van der Waals surface area (Å²) in [5.41, 5.74) is 19.9. The van der Waals surface area contributed by atoms with Gasteiger partial charge in [0.05, 0.1) is 45.7 Å². The van der Waals surface area contributed by atoms with Crippen molar-refractivity contribution in [2.75, 3.05) is 33.0 Å². The first-order chi connectivity index (χ1) is 51.6. The molecule has 0 heterocycles. The lowest BCUT2D eigenvalue weighted by molar-refractivity contribution is -0.147. The van der Waals surface area contributed by atoms with E-state index in [-0.39, 0.29) is 66.1 Å². The highest BCUT2D eigenvalue weighted by Gasteiger charge is 2.21. The second kappa shape index (κ2) is 55.4. The summed E-state index contributed by atoms with van der Waals surface area (Å²) in [6, 6.07) is 49.2. The number of hydrogen-bond donors (Lipinski definition) is 9. The van der Waals surface area contributed by atoms with Gasteiger partial charge in [-0.1, -0.05) is 271 Å². The summed E-state index contributed by atoms with van der Waals surface area (Å²) in [7, 11) is 0. The van der Waals surface area contributed by atoms with Gasteiger partial charge in [-0.2, -0.15) is 0 Å². The molecule has 17 heteroatoms. The topological polar surface area (TPSA) is 287 Å². The summed E-state index contributed by atoms with van der Waals surface area (Å²) in [6.45, 7) is 57.6. The normalized spacial score (nSPS) is 10.6. The van der Waals surface area contributed by atoms with E-state index in [0.29, 0.717) is 39.8 Å². The molecule has 0 bridgehead atoms. The van der Waals surface area contributed by atoms with Gasteiger partial charge in [-0.15, -0.1) is 0 Å². The van der Waals surface area contributed by atoms with Crippen molar-refractivity contribution in [2.24, 2.45) is 0 Å². The number of carbonyl (C=O) groups excluding carboxylic acids is 4. The van der Waals surface area contributed by atoms with Crippen LogP contribution in [0.3, 0.4) is 0 Å². The zero-order valence-corrected chi connectivity index (χ0v) is 64.6. The largest absolute Gasteiger partial charge is 0.459 e. The fourth-order valence-electron chi connectivity index (χ4n) is 8.47. The molecule has 7 rings (SSSR count). The van der Waals surface area contributed by atoms with Crippen LogP contribution in [0.4, 0.5) is 0 Å². The van der Waals surface area contributed by atoms with Crippen molar-refractivity contribution in [1.82, 2.24) is 0 Å². The Bertz CT molecular complexity index is 3740. The number of benzene rings is 7. The monoisotopic (exact) mass is 1490 g/mol. The fraction of sp³-hybridized carbons (Fsp3) is 0.239. The van der Waals surface area contributed by atoms with Crippen molar-refractivity contribution in [3.05, 3.63) is 348 Å².